The number of hydrogen-bond donors (Lipinski definition) is 4. The van der Waals surface area contributed by atoms with Gasteiger partial charge in [-0.2, -0.15) is 39.5 Å². The summed E-state index contributed by atoms with van der Waals surface area (Å²) in [5.41, 5.74) is -6.22. The van der Waals surface area contributed by atoms with Crippen LogP contribution in [-0.2, 0) is 14.4 Å². The average Bonchev–Trinajstić information content (AvgIpc) is 3.16. The number of hydrogen-bond acceptors (Lipinski definition) is 15. The van der Waals surface area contributed by atoms with Gasteiger partial charge in [-0.05, 0) is 17.7 Å². The van der Waals surface area contributed by atoms with Crippen molar-refractivity contribution in [2.45, 2.75) is 18.5 Å². The lowest BCUT2D eigenvalue weighted by Gasteiger charge is -2.12. The van der Waals surface area contributed by atoms with Crippen LogP contribution in [0, 0.1) is 30.3 Å². The highest BCUT2D eigenvalue weighted by atomic mass is 35.5. The molecule has 0 aromatic heterocycles. The van der Waals surface area contributed by atoms with E-state index in [0.29, 0.717) is 24.3 Å². The molecular formula is C30H20ClF9N6O16. The van der Waals surface area contributed by atoms with Crippen LogP contribution in [-0.4, -0.2) is 95.0 Å². The van der Waals surface area contributed by atoms with Crippen LogP contribution in [0.25, 0.3) is 0 Å². The van der Waals surface area contributed by atoms with E-state index in [2.05, 4.69) is 14.2 Å². The van der Waals surface area contributed by atoms with Gasteiger partial charge in [0.15, 0.2) is 6.29 Å². The summed E-state index contributed by atoms with van der Waals surface area (Å²) < 4.78 is 123. The van der Waals surface area contributed by atoms with Crippen LogP contribution < -0.4 is 30.2 Å². The van der Waals surface area contributed by atoms with Crippen LogP contribution in [0.15, 0.2) is 36.4 Å². The molecule has 3 aromatic rings. The maximum atomic E-state index is 12.2. The first-order valence-corrected chi connectivity index (χ1v) is 15.4. The molecule has 0 spiro atoms. The van der Waals surface area contributed by atoms with Gasteiger partial charge in [0.05, 0.1) is 58.7 Å². The van der Waals surface area contributed by atoms with E-state index in [1.165, 1.54) is 16.0 Å². The van der Waals surface area contributed by atoms with Crippen molar-refractivity contribution in [1.82, 2.24) is 0 Å². The average molecular weight is 927 g/mol. The van der Waals surface area contributed by atoms with E-state index in [0.717, 1.165) is 33.5 Å². The Hall–Kier alpha value is -7.86. The molecule has 0 bridgehead atoms. The number of aldehydes is 1. The fourth-order valence-electron chi connectivity index (χ4n) is 3.98. The van der Waals surface area contributed by atoms with E-state index >= 15 is 0 Å². The second-order valence-corrected chi connectivity index (χ2v) is 10.9. The van der Waals surface area contributed by atoms with Crippen molar-refractivity contribution < 1.29 is 102 Å². The van der Waals surface area contributed by atoms with Crippen LogP contribution >= 0.6 is 11.6 Å². The fourth-order valence-corrected chi connectivity index (χ4v) is 4.13. The molecule has 0 atom stereocenters. The van der Waals surface area contributed by atoms with Crippen molar-refractivity contribution >= 4 is 80.9 Å². The SMILES string of the molecule is COc1cc(C(=O)Cl)c([N+](=O)[O-])cc1NC(=O)C(F)(F)F.COc1cc(C(=O)O)c([N+](=O)[O-])cc1NC(=O)C(F)(F)F.COc1cc(C=O)c([N+](=O)[O-])cc1NC(=O)C(F)(F)F. The van der Waals surface area contributed by atoms with Gasteiger partial charge in [-0.15, -0.1) is 0 Å². The molecule has 4 N–H and O–H groups in total. The minimum absolute atomic E-state index is 0.149. The fraction of sp³-hybridized carbons (Fsp3) is 0.200. The molecule has 0 aliphatic carbocycles. The number of amides is 3. The van der Waals surface area contributed by atoms with Gasteiger partial charge in [-0.1, -0.05) is 0 Å². The Morgan fingerprint density at radius 2 is 0.871 bits per heavy atom. The van der Waals surface area contributed by atoms with E-state index in [-0.39, 0.29) is 17.8 Å². The number of ether oxygens (including phenoxy) is 3. The summed E-state index contributed by atoms with van der Waals surface area (Å²) in [4.78, 5) is 94.2. The van der Waals surface area contributed by atoms with Gasteiger partial charge in [0.25, 0.3) is 22.3 Å². The van der Waals surface area contributed by atoms with Crippen LogP contribution in [0.5, 0.6) is 17.2 Å². The van der Waals surface area contributed by atoms with Crippen LogP contribution in [0.3, 0.4) is 0 Å². The normalized spacial score (nSPS) is 10.9. The predicted octanol–water partition coefficient (Wildman–Crippen LogP) is 6.20. The van der Waals surface area contributed by atoms with Gasteiger partial charge in [-0.3, -0.25) is 54.3 Å². The van der Waals surface area contributed by atoms with Crippen LogP contribution in [0.1, 0.15) is 31.1 Å². The number of rotatable bonds is 12. The Morgan fingerprint density at radius 3 is 1.13 bits per heavy atom. The summed E-state index contributed by atoms with van der Waals surface area (Å²) in [6.07, 6.45) is -15.4. The number of alkyl halides is 9. The second kappa shape index (κ2) is 20.9. The number of nitrogens with one attached hydrogen (secondary N) is 3. The minimum atomic E-state index is -5.22. The number of nitrogens with zero attached hydrogens (tertiary/aromatic N) is 3. The number of carboxylic acids is 1. The van der Waals surface area contributed by atoms with Crippen LogP contribution in [0.2, 0.25) is 0 Å². The van der Waals surface area contributed by atoms with Crippen LogP contribution in [0.4, 0.5) is 73.6 Å². The molecule has 0 aliphatic heterocycles. The number of anilines is 3. The number of nitro benzene ring substituents is 3. The molecule has 0 saturated carbocycles. The molecule has 3 aromatic carbocycles. The third-order valence-electron chi connectivity index (χ3n) is 6.66. The summed E-state index contributed by atoms with van der Waals surface area (Å²) in [6, 6.07) is 3.92. The number of methoxy groups -OCH3 is 3. The van der Waals surface area contributed by atoms with Crippen molar-refractivity contribution in [2.75, 3.05) is 37.3 Å². The third-order valence-corrected chi connectivity index (χ3v) is 6.86. The Kier molecular flexibility index (Phi) is 17.6. The molecule has 0 aliphatic rings. The molecule has 3 rings (SSSR count). The Bertz CT molecular complexity index is 2200. The zero-order valence-corrected chi connectivity index (χ0v) is 31.0. The Balaban J connectivity index is 0.000000465. The molecule has 0 unspecified atom stereocenters. The lowest BCUT2D eigenvalue weighted by atomic mass is 10.1. The van der Waals surface area contributed by atoms with Gasteiger partial charge in [-0.25, -0.2) is 4.79 Å². The van der Waals surface area contributed by atoms with Gasteiger partial charge < -0.3 is 35.3 Å². The molecule has 0 saturated heterocycles. The monoisotopic (exact) mass is 926 g/mol. The lowest BCUT2D eigenvalue weighted by Crippen LogP contribution is -2.30. The van der Waals surface area contributed by atoms with Crippen molar-refractivity contribution in [3.05, 3.63) is 83.4 Å². The van der Waals surface area contributed by atoms with E-state index in [4.69, 9.17) is 16.7 Å². The van der Waals surface area contributed by atoms with Gasteiger partial charge in [0.1, 0.15) is 28.4 Å². The number of carboxylic acid groups (broad SMARTS) is 1. The molecule has 22 nitrogen and oxygen atoms in total. The first-order chi connectivity index (χ1) is 28.3. The maximum absolute atomic E-state index is 12.2. The molecule has 32 heteroatoms. The maximum Gasteiger partial charge on any atom is 0.471 e. The van der Waals surface area contributed by atoms with Crippen molar-refractivity contribution in [1.29, 1.82) is 0 Å². The van der Waals surface area contributed by atoms with E-state index in [9.17, 15) is 98.6 Å². The number of carbonyl (C=O) groups is 6. The minimum Gasteiger partial charge on any atom is -0.495 e. The highest BCUT2D eigenvalue weighted by Gasteiger charge is 2.41. The standard InChI is InChI=1S/C10H6ClF3N2O5.C10H7F3N2O6.C10H7F3N2O5/c1-21-7-2-4(8(11)17)6(16(19)20)3-5(7)15-9(18)10(12,13)14;1-21-7-2-4(8(16)17)6(15(19)20)3-5(7)14-9(18)10(11,12)13;1-20-8-2-5(4-16)7(15(18)19)3-6(8)14-9(17)10(11,12)13/h2-3H,1H3,(H,15,18);2-3H,1H3,(H,14,18)(H,16,17);2-4H,1H3,(H,14,17). The molecule has 0 radical (unpaired) electrons. The highest BCUT2D eigenvalue weighted by molar-refractivity contribution is 6.68. The van der Waals surface area contributed by atoms with Crippen molar-refractivity contribution in [3.63, 3.8) is 0 Å². The number of aromatic carboxylic acids is 1. The summed E-state index contributed by atoms with van der Waals surface area (Å²) in [5.74, 6) is -9.87. The van der Waals surface area contributed by atoms with Crippen molar-refractivity contribution in [3.8, 4) is 17.2 Å². The summed E-state index contributed by atoms with van der Waals surface area (Å²) in [5, 5.41) is 44.0. The zero-order chi connectivity index (χ0) is 48.2. The summed E-state index contributed by atoms with van der Waals surface area (Å²) >= 11 is 5.15. The van der Waals surface area contributed by atoms with E-state index in [1.807, 2.05) is 0 Å². The summed E-state index contributed by atoms with van der Waals surface area (Å²) in [6.45, 7) is 0. The van der Waals surface area contributed by atoms with Crippen molar-refractivity contribution in [2.24, 2.45) is 0 Å². The molecule has 336 valence electrons. The Labute approximate surface area is 339 Å². The molecule has 3 amide bonds. The van der Waals surface area contributed by atoms with Gasteiger partial charge in [0, 0.05) is 30.3 Å². The number of carbonyl (C=O) groups excluding carboxylic acids is 5. The smallest absolute Gasteiger partial charge is 0.471 e. The highest BCUT2D eigenvalue weighted by Crippen LogP contribution is 2.36. The third kappa shape index (κ3) is 14.2. The lowest BCUT2D eigenvalue weighted by molar-refractivity contribution is -0.385. The zero-order valence-electron chi connectivity index (χ0n) is 30.2. The number of benzene rings is 3. The van der Waals surface area contributed by atoms with Gasteiger partial charge in [0.2, 0.25) is 0 Å². The Morgan fingerprint density at radius 1 is 0.581 bits per heavy atom. The quantitative estimate of drug-likeness (QED) is 0.0516. The topological polar surface area (TPSA) is 316 Å². The summed E-state index contributed by atoms with van der Waals surface area (Å²) in [7, 11) is 3.10. The molecule has 0 fully saturated rings. The largest absolute Gasteiger partial charge is 0.495 e. The molecule has 62 heavy (non-hydrogen) atoms. The number of halogens is 10. The first kappa shape index (κ1) is 52.2. The molecule has 0 heterocycles. The molecular weight excluding hydrogens is 907 g/mol. The predicted molar refractivity (Wildman–Crippen MR) is 186 cm³/mol. The van der Waals surface area contributed by atoms with Gasteiger partial charge >= 0.3 is 42.2 Å². The first-order valence-electron chi connectivity index (χ1n) is 15.0. The number of nitro groups is 3. The second-order valence-electron chi connectivity index (χ2n) is 10.6. The van der Waals surface area contributed by atoms with E-state index in [1.54, 1.807) is 0 Å². The van der Waals surface area contributed by atoms with E-state index < -0.39 is 119 Å².